The van der Waals surface area contributed by atoms with Crippen LogP contribution < -0.4 is 15.5 Å². The van der Waals surface area contributed by atoms with Crippen LogP contribution in [0.3, 0.4) is 0 Å². The van der Waals surface area contributed by atoms with Gasteiger partial charge in [0.15, 0.2) is 0 Å². The van der Waals surface area contributed by atoms with Crippen LogP contribution in [-0.4, -0.2) is 43.5 Å². The summed E-state index contributed by atoms with van der Waals surface area (Å²) in [5.41, 5.74) is 0.689. The molecule has 0 spiro atoms. The van der Waals surface area contributed by atoms with E-state index in [1.807, 2.05) is 4.90 Å². The van der Waals surface area contributed by atoms with Crippen LogP contribution in [0, 0.1) is 5.82 Å². The van der Waals surface area contributed by atoms with E-state index >= 15 is 0 Å². The zero-order valence-electron chi connectivity index (χ0n) is 12.3. The van der Waals surface area contributed by atoms with Gasteiger partial charge in [-0.15, -0.1) is 0 Å². The van der Waals surface area contributed by atoms with E-state index in [2.05, 4.69) is 10.6 Å². The first-order valence-electron chi connectivity index (χ1n) is 7.46. The predicted octanol–water partition coefficient (Wildman–Crippen LogP) is 2.17. The van der Waals surface area contributed by atoms with E-state index in [4.69, 9.17) is 11.6 Å². The molecule has 2 unspecified atom stereocenters. The molecule has 1 aromatic rings. The molecular weight excluding hydrogens is 331 g/mol. The highest BCUT2D eigenvalue weighted by Crippen LogP contribution is 2.27. The zero-order valence-corrected chi connectivity index (χ0v) is 13.0. The summed E-state index contributed by atoms with van der Waals surface area (Å²) >= 11 is 5.66. The Morgan fingerprint density at radius 1 is 1.43 bits per heavy atom. The molecule has 2 atom stereocenters. The summed E-state index contributed by atoms with van der Waals surface area (Å²) in [5.74, 6) is -3.73. The molecule has 8 heteroatoms. The van der Waals surface area contributed by atoms with Gasteiger partial charge in [-0.3, -0.25) is 10.1 Å². The number of amides is 1. The fourth-order valence-electron chi connectivity index (χ4n) is 3.00. The van der Waals surface area contributed by atoms with Crippen LogP contribution in [0.15, 0.2) is 18.2 Å². The number of carbonyl (C=O) groups is 1. The minimum Gasteiger partial charge on any atom is -0.369 e. The van der Waals surface area contributed by atoms with Gasteiger partial charge in [0.1, 0.15) is 5.82 Å². The zero-order chi connectivity index (χ0) is 16.6. The molecule has 1 amide bonds. The maximum absolute atomic E-state index is 13.5. The first-order chi connectivity index (χ1) is 10.8. The average Bonchev–Trinajstić information content (AvgIpc) is 3.08. The standard InChI is InChI=1S/C15H17ClF3N3O/c16-11-2-1-10(5-12(11)17)22-4-3-9(7-22)21-14(23)13-6-15(18,19)8-20-13/h1-2,5,9,13,20H,3-4,6-8H2,(H,21,23). The number of halogens is 4. The van der Waals surface area contributed by atoms with Crippen molar-refractivity contribution in [2.24, 2.45) is 0 Å². The lowest BCUT2D eigenvalue weighted by atomic mass is 10.1. The molecule has 2 fully saturated rings. The number of anilines is 1. The van der Waals surface area contributed by atoms with Crippen LogP contribution in [0.4, 0.5) is 18.9 Å². The molecule has 2 heterocycles. The van der Waals surface area contributed by atoms with E-state index in [-0.39, 0.29) is 11.1 Å². The van der Waals surface area contributed by atoms with Gasteiger partial charge in [0, 0.05) is 31.2 Å². The van der Waals surface area contributed by atoms with Gasteiger partial charge in [-0.2, -0.15) is 0 Å². The van der Waals surface area contributed by atoms with Crippen molar-refractivity contribution >= 4 is 23.2 Å². The number of carbonyl (C=O) groups excluding carboxylic acids is 1. The molecule has 2 aliphatic rings. The average molecular weight is 348 g/mol. The quantitative estimate of drug-likeness (QED) is 0.881. The molecule has 0 radical (unpaired) electrons. The van der Waals surface area contributed by atoms with Crippen molar-refractivity contribution in [1.29, 1.82) is 0 Å². The minimum atomic E-state index is -2.83. The Hall–Kier alpha value is -1.47. The molecule has 1 aromatic carbocycles. The SMILES string of the molecule is O=C(NC1CCN(c2ccc(Cl)c(F)c2)C1)C1CC(F)(F)CN1. The van der Waals surface area contributed by atoms with E-state index in [0.717, 1.165) is 0 Å². The summed E-state index contributed by atoms with van der Waals surface area (Å²) in [5, 5.41) is 5.39. The highest BCUT2D eigenvalue weighted by molar-refractivity contribution is 6.30. The van der Waals surface area contributed by atoms with Crippen molar-refractivity contribution in [2.75, 3.05) is 24.5 Å². The summed E-state index contributed by atoms with van der Waals surface area (Å²) in [4.78, 5) is 14.0. The van der Waals surface area contributed by atoms with Crippen LogP contribution in [0.2, 0.25) is 5.02 Å². The van der Waals surface area contributed by atoms with E-state index in [9.17, 15) is 18.0 Å². The number of benzene rings is 1. The monoisotopic (exact) mass is 347 g/mol. The number of hydrogen-bond donors (Lipinski definition) is 2. The first kappa shape index (κ1) is 16.4. The number of nitrogens with zero attached hydrogens (tertiary/aromatic N) is 1. The van der Waals surface area contributed by atoms with Crippen molar-refractivity contribution in [3.63, 3.8) is 0 Å². The molecule has 3 rings (SSSR count). The van der Waals surface area contributed by atoms with Crippen LogP contribution in [0.5, 0.6) is 0 Å². The maximum Gasteiger partial charge on any atom is 0.262 e. The van der Waals surface area contributed by atoms with Crippen LogP contribution in [-0.2, 0) is 4.79 Å². The van der Waals surface area contributed by atoms with Gasteiger partial charge in [0.25, 0.3) is 5.92 Å². The highest BCUT2D eigenvalue weighted by atomic mass is 35.5. The second kappa shape index (κ2) is 6.20. The smallest absolute Gasteiger partial charge is 0.262 e. The van der Waals surface area contributed by atoms with E-state index in [1.54, 1.807) is 6.07 Å². The summed E-state index contributed by atoms with van der Waals surface area (Å²) < 4.78 is 39.8. The van der Waals surface area contributed by atoms with Crippen LogP contribution in [0.1, 0.15) is 12.8 Å². The number of rotatable bonds is 3. The summed E-state index contributed by atoms with van der Waals surface area (Å²) in [6.45, 7) is 0.697. The Balaban J connectivity index is 1.55. The summed E-state index contributed by atoms with van der Waals surface area (Å²) in [6.07, 6.45) is 0.205. The van der Waals surface area contributed by atoms with Crippen molar-refractivity contribution in [1.82, 2.24) is 10.6 Å². The molecule has 2 aliphatic heterocycles. The van der Waals surface area contributed by atoms with Crippen molar-refractivity contribution in [3.05, 3.63) is 29.0 Å². The number of nitrogens with one attached hydrogen (secondary N) is 2. The van der Waals surface area contributed by atoms with Crippen LogP contribution >= 0.6 is 11.6 Å². The minimum absolute atomic E-state index is 0.0611. The molecule has 0 aromatic heterocycles. The number of hydrogen-bond acceptors (Lipinski definition) is 3. The number of alkyl halides is 2. The normalized spacial score (nSPS) is 26.5. The molecule has 2 saturated heterocycles. The second-order valence-electron chi connectivity index (χ2n) is 6.03. The van der Waals surface area contributed by atoms with Gasteiger partial charge in [0.05, 0.1) is 17.6 Å². The molecule has 126 valence electrons. The third kappa shape index (κ3) is 3.72. The molecule has 0 bridgehead atoms. The first-order valence-corrected chi connectivity index (χ1v) is 7.83. The van der Waals surface area contributed by atoms with E-state index in [1.165, 1.54) is 12.1 Å². The Kier molecular flexibility index (Phi) is 4.42. The highest BCUT2D eigenvalue weighted by Gasteiger charge is 2.42. The molecule has 0 aliphatic carbocycles. The Bertz CT molecular complexity index is 614. The lowest BCUT2D eigenvalue weighted by Gasteiger charge is -2.20. The second-order valence-corrected chi connectivity index (χ2v) is 6.44. The third-order valence-electron chi connectivity index (χ3n) is 4.23. The van der Waals surface area contributed by atoms with Gasteiger partial charge in [-0.05, 0) is 24.6 Å². The predicted molar refractivity (Wildman–Crippen MR) is 81.5 cm³/mol. The summed E-state index contributed by atoms with van der Waals surface area (Å²) in [6, 6.07) is 3.56. The van der Waals surface area contributed by atoms with Gasteiger partial charge in [-0.25, -0.2) is 13.2 Å². The molecular formula is C15H17ClF3N3O. The molecule has 23 heavy (non-hydrogen) atoms. The topological polar surface area (TPSA) is 44.4 Å². The van der Waals surface area contributed by atoms with Gasteiger partial charge < -0.3 is 10.2 Å². The van der Waals surface area contributed by atoms with Gasteiger partial charge in [-0.1, -0.05) is 11.6 Å². The fraction of sp³-hybridized carbons (Fsp3) is 0.533. The van der Waals surface area contributed by atoms with Gasteiger partial charge in [0.2, 0.25) is 5.91 Å². The lowest BCUT2D eigenvalue weighted by molar-refractivity contribution is -0.124. The molecule has 2 N–H and O–H groups in total. The Labute approximate surface area is 137 Å². The van der Waals surface area contributed by atoms with Gasteiger partial charge >= 0.3 is 0 Å². The van der Waals surface area contributed by atoms with Crippen molar-refractivity contribution < 1.29 is 18.0 Å². The fourth-order valence-corrected chi connectivity index (χ4v) is 3.11. The van der Waals surface area contributed by atoms with Crippen molar-refractivity contribution in [2.45, 2.75) is 30.8 Å². The molecule has 0 saturated carbocycles. The largest absolute Gasteiger partial charge is 0.369 e. The van der Waals surface area contributed by atoms with Crippen LogP contribution in [0.25, 0.3) is 0 Å². The third-order valence-corrected chi connectivity index (χ3v) is 4.54. The lowest BCUT2D eigenvalue weighted by Crippen LogP contribution is -2.46. The van der Waals surface area contributed by atoms with E-state index < -0.39 is 36.7 Å². The Morgan fingerprint density at radius 2 is 2.22 bits per heavy atom. The Morgan fingerprint density at radius 3 is 2.87 bits per heavy atom. The van der Waals surface area contributed by atoms with E-state index in [0.29, 0.717) is 25.2 Å². The summed E-state index contributed by atoms with van der Waals surface area (Å²) in [7, 11) is 0. The maximum atomic E-state index is 13.5. The van der Waals surface area contributed by atoms with Crippen molar-refractivity contribution in [3.8, 4) is 0 Å². The molecule has 4 nitrogen and oxygen atoms in total.